The molecule has 1 saturated heterocycles. The maximum Gasteiger partial charge on any atom is 0.326 e. The zero-order valence-electron chi connectivity index (χ0n) is 11.3. The molecule has 1 aliphatic heterocycles. The average molecular weight is 295 g/mol. The lowest BCUT2D eigenvalue weighted by Gasteiger charge is -2.22. The number of urea groups is 1. The number of likely N-dealkylation sites (tertiary alicyclic amines) is 1. The van der Waals surface area contributed by atoms with Gasteiger partial charge in [0.2, 0.25) is 5.91 Å². The molecule has 0 bridgehead atoms. The zero-order chi connectivity index (χ0) is 15.4. The van der Waals surface area contributed by atoms with Crippen LogP contribution in [0.2, 0.25) is 0 Å². The number of aromatic amines is 1. The topological polar surface area (TPSA) is 141 Å². The number of carboxylic acids is 1. The fourth-order valence-corrected chi connectivity index (χ4v) is 2.26. The van der Waals surface area contributed by atoms with Crippen LogP contribution in [0.5, 0.6) is 0 Å². The summed E-state index contributed by atoms with van der Waals surface area (Å²) < 4.78 is 0. The summed E-state index contributed by atoms with van der Waals surface area (Å²) in [6.07, 6.45) is 4.19. The Balaban J connectivity index is 1.89. The van der Waals surface area contributed by atoms with E-state index in [2.05, 4.69) is 15.3 Å². The van der Waals surface area contributed by atoms with Crippen LogP contribution >= 0.6 is 0 Å². The van der Waals surface area contributed by atoms with Crippen LogP contribution in [0.3, 0.4) is 0 Å². The maximum absolute atomic E-state index is 11.9. The number of nitrogens with one attached hydrogen (secondary N) is 2. The lowest BCUT2D eigenvalue weighted by Crippen LogP contribution is -2.52. The molecule has 3 amide bonds. The van der Waals surface area contributed by atoms with Crippen LogP contribution in [0.4, 0.5) is 4.79 Å². The average Bonchev–Trinajstić information content (AvgIpc) is 3.08. The van der Waals surface area contributed by atoms with Gasteiger partial charge in [-0.05, 0) is 12.8 Å². The van der Waals surface area contributed by atoms with Gasteiger partial charge in [0.1, 0.15) is 6.04 Å². The third kappa shape index (κ3) is 3.57. The van der Waals surface area contributed by atoms with Gasteiger partial charge in [-0.1, -0.05) is 0 Å². The van der Waals surface area contributed by atoms with Crippen LogP contribution in [-0.4, -0.2) is 56.5 Å². The third-order valence-electron chi connectivity index (χ3n) is 3.36. The summed E-state index contributed by atoms with van der Waals surface area (Å²) >= 11 is 0. The minimum atomic E-state index is -1.07. The van der Waals surface area contributed by atoms with Crippen molar-refractivity contribution < 1.29 is 19.5 Å². The van der Waals surface area contributed by atoms with Crippen LogP contribution in [0.15, 0.2) is 12.5 Å². The minimum Gasteiger partial charge on any atom is -0.480 e. The fraction of sp³-hybridized carbons (Fsp3) is 0.500. The van der Waals surface area contributed by atoms with Crippen molar-refractivity contribution in [3.8, 4) is 0 Å². The van der Waals surface area contributed by atoms with Gasteiger partial charge >= 0.3 is 12.0 Å². The maximum atomic E-state index is 11.9. The molecule has 1 aromatic heterocycles. The third-order valence-corrected chi connectivity index (χ3v) is 3.36. The number of hydrogen-bond acceptors (Lipinski definition) is 5. The lowest BCUT2D eigenvalue weighted by atomic mass is 10.1. The van der Waals surface area contributed by atoms with Gasteiger partial charge < -0.3 is 20.7 Å². The zero-order valence-corrected chi connectivity index (χ0v) is 11.3. The highest BCUT2D eigenvalue weighted by molar-refractivity contribution is 5.98. The first-order valence-corrected chi connectivity index (χ1v) is 6.56. The van der Waals surface area contributed by atoms with Crippen molar-refractivity contribution >= 4 is 17.9 Å². The van der Waals surface area contributed by atoms with E-state index in [4.69, 9.17) is 10.8 Å². The second kappa shape index (κ2) is 6.35. The molecule has 2 rings (SSSR count). The SMILES string of the molecule is N[C@@H](Cc1cnc[nH]1)C(=O)NC(=O)N1CCC[C@H]1C(=O)O. The first-order chi connectivity index (χ1) is 9.99. The largest absolute Gasteiger partial charge is 0.480 e. The Hall–Kier alpha value is -2.42. The number of hydrogen-bond donors (Lipinski definition) is 4. The Labute approximate surface area is 120 Å². The molecule has 9 heteroatoms. The van der Waals surface area contributed by atoms with Gasteiger partial charge in [-0.3, -0.25) is 10.1 Å². The molecule has 0 radical (unpaired) electrons. The Morgan fingerprint density at radius 3 is 2.95 bits per heavy atom. The molecule has 0 unspecified atom stereocenters. The van der Waals surface area contributed by atoms with Crippen LogP contribution < -0.4 is 11.1 Å². The smallest absolute Gasteiger partial charge is 0.326 e. The molecular weight excluding hydrogens is 278 g/mol. The quantitative estimate of drug-likeness (QED) is 0.565. The van der Waals surface area contributed by atoms with Crippen molar-refractivity contribution in [3.63, 3.8) is 0 Å². The molecule has 21 heavy (non-hydrogen) atoms. The molecule has 1 fully saturated rings. The van der Waals surface area contributed by atoms with Crippen molar-refractivity contribution in [1.29, 1.82) is 0 Å². The first kappa shape index (κ1) is 15.0. The molecule has 5 N–H and O–H groups in total. The molecule has 0 aromatic carbocycles. The second-order valence-corrected chi connectivity index (χ2v) is 4.87. The summed E-state index contributed by atoms with van der Waals surface area (Å²) in [6.45, 7) is 0.311. The molecule has 0 saturated carbocycles. The number of rotatable bonds is 4. The molecule has 1 aromatic rings. The van der Waals surface area contributed by atoms with Crippen LogP contribution in [0.1, 0.15) is 18.5 Å². The number of carboxylic acid groups (broad SMARTS) is 1. The lowest BCUT2D eigenvalue weighted by molar-refractivity contribution is -0.141. The number of H-pyrrole nitrogens is 1. The Morgan fingerprint density at radius 1 is 1.57 bits per heavy atom. The highest BCUT2D eigenvalue weighted by Crippen LogP contribution is 2.17. The van der Waals surface area contributed by atoms with Gasteiger partial charge in [0.15, 0.2) is 0 Å². The van der Waals surface area contributed by atoms with Gasteiger partial charge in [-0.25, -0.2) is 14.6 Å². The van der Waals surface area contributed by atoms with E-state index in [9.17, 15) is 14.4 Å². The van der Waals surface area contributed by atoms with E-state index in [1.54, 1.807) is 0 Å². The summed E-state index contributed by atoms with van der Waals surface area (Å²) in [7, 11) is 0. The Bertz CT molecular complexity index is 530. The van der Waals surface area contributed by atoms with Crippen LogP contribution in [-0.2, 0) is 16.0 Å². The predicted molar refractivity (Wildman–Crippen MR) is 71.2 cm³/mol. The fourth-order valence-electron chi connectivity index (χ4n) is 2.26. The Kier molecular flexibility index (Phi) is 4.53. The molecule has 9 nitrogen and oxygen atoms in total. The highest BCUT2D eigenvalue weighted by atomic mass is 16.4. The van der Waals surface area contributed by atoms with Gasteiger partial charge in [0, 0.05) is 24.9 Å². The normalized spacial score (nSPS) is 19.3. The van der Waals surface area contributed by atoms with E-state index in [0.717, 1.165) is 4.90 Å². The molecule has 2 heterocycles. The van der Waals surface area contributed by atoms with Crippen molar-refractivity contribution in [1.82, 2.24) is 20.2 Å². The summed E-state index contributed by atoms with van der Waals surface area (Å²) in [4.78, 5) is 42.5. The highest BCUT2D eigenvalue weighted by Gasteiger charge is 2.35. The van der Waals surface area contributed by atoms with E-state index in [0.29, 0.717) is 25.1 Å². The molecular formula is C12H17N5O4. The number of imidazole rings is 1. The van der Waals surface area contributed by atoms with Crippen molar-refractivity contribution in [2.24, 2.45) is 5.73 Å². The Morgan fingerprint density at radius 2 is 2.33 bits per heavy atom. The number of nitrogens with two attached hydrogens (primary N) is 1. The van der Waals surface area contributed by atoms with Gasteiger partial charge in [0.25, 0.3) is 0 Å². The van der Waals surface area contributed by atoms with Crippen LogP contribution in [0.25, 0.3) is 0 Å². The summed E-state index contributed by atoms with van der Waals surface area (Å²) in [6, 6.07) is -2.52. The summed E-state index contributed by atoms with van der Waals surface area (Å²) in [5.41, 5.74) is 6.38. The van der Waals surface area contributed by atoms with Gasteiger partial charge in [-0.15, -0.1) is 0 Å². The first-order valence-electron chi connectivity index (χ1n) is 6.56. The number of carbonyl (C=O) groups is 3. The van der Waals surface area contributed by atoms with Gasteiger partial charge in [-0.2, -0.15) is 0 Å². The van der Waals surface area contributed by atoms with Gasteiger partial charge in [0.05, 0.1) is 12.4 Å². The van der Waals surface area contributed by atoms with Crippen molar-refractivity contribution in [3.05, 3.63) is 18.2 Å². The standard InChI is InChI=1S/C12H17N5O4/c13-8(4-7-5-14-6-15-7)10(18)16-12(21)17-3-1-2-9(17)11(19)20/h5-6,8-9H,1-4,13H2,(H,14,15)(H,19,20)(H,16,18,21)/t8-,9-/m0/s1. The van der Waals surface area contributed by atoms with E-state index in [1.165, 1.54) is 12.5 Å². The number of amides is 3. The van der Waals surface area contributed by atoms with E-state index >= 15 is 0 Å². The van der Waals surface area contributed by atoms with E-state index in [-0.39, 0.29) is 6.42 Å². The minimum absolute atomic E-state index is 0.210. The number of nitrogens with zero attached hydrogens (tertiary/aromatic N) is 2. The van der Waals surface area contributed by atoms with Crippen molar-refractivity contribution in [2.75, 3.05) is 6.54 Å². The van der Waals surface area contributed by atoms with Crippen LogP contribution in [0, 0.1) is 0 Å². The summed E-state index contributed by atoms with van der Waals surface area (Å²) in [5, 5.41) is 11.1. The molecule has 2 atom stereocenters. The number of aliphatic carboxylic acids is 1. The summed E-state index contributed by atoms with van der Waals surface area (Å²) in [5.74, 6) is -1.72. The molecule has 114 valence electrons. The number of imide groups is 1. The number of aromatic nitrogens is 2. The molecule has 1 aliphatic rings. The molecule has 0 aliphatic carbocycles. The predicted octanol–water partition coefficient (Wildman–Crippen LogP) is -0.935. The monoisotopic (exact) mass is 295 g/mol. The van der Waals surface area contributed by atoms with Crippen molar-refractivity contribution in [2.45, 2.75) is 31.3 Å². The van der Waals surface area contributed by atoms with E-state index in [1.807, 2.05) is 0 Å². The number of carbonyl (C=O) groups excluding carboxylic acids is 2. The van der Waals surface area contributed by atoms with E-state index < -0.39 is 30.0 Å². The second-order valence-electron chi connectivity index (χ2n) is 4.87. The molecule has 0 spiro atoms.